The number of amides is 2. The highest BCUT2D eigenvalue weighted by Crippen LogP contribution is 2.39. The van der Waals surface area contributed by atoms with Crippen LogP contribution in [0.1, 0.15) is 41.6 Å². The molecule has 0 saturated carbocycles. The minimum absolute atomic E-state index is 0.107. The number of carbonyl (C=O) groups excluding carboxylic acids is 2. The third-order valence-electron chi connectivity index (χ3n) is 3.67. The lowest BCUT2D eigenvalue weighted by molar-refractivity contribution is 0.0919. The van der Waals surface area contributed by atoms with Crippen molar-refractivity contribution in [1.29, 1.82) is 0 Å². The molecule has 0 spiro atoms. The Kier molecular flexibility index (Phi) is 6.45. The largest absolute Gasteiger partial charge is 0.493 e. The summed E-state index contributed by atoms with van der Waals surface area (Å²) in [6.45, 7) is 5.64. The number of benzene rings is 1. The van der Waals surface area contributed by atoms with Crippen molar-refractivity contribution in [2.75, 3.05) is 26.6 Å². The van der Waals surface area contributed by atoms with Crippen LogP contribution in [0.4, 0.5) is 5.69 Å². The van der Waals surface area contributed by atoms with E-state index in [2.05, 4.69) is 15.6 Å². The number of rotatable bonds is 6. The number of anilines is 1. The SMILES string of the molecule is COc1cc(NC(=O)c2cc(C(=O)NC(C)(C)C)ccn2)cc(OC)c1OC. The highest BCUT2D eigenvalue weighted by molar-refractivity contribution is 6.05. The smallest absolute Gasteiger partial charge is 0.274 e. The van der Waals surface area contributed by atoms with Crippen LogP contribution in [0, 0.1) is 0 Å². The zero-order valence-electron chi connectivity index (χ0n) is 16.9. The topological polar surface area (TPSA) is 98.8 Å². The van der Waals surface area contributed by atoms with Gasteiger partial charge < -0.3 is 24.8 Å². The summed E-state index contributed by atoms with van der Waals surface area (Å²) in [5, 5.41) is 5.57. The second kappa shape index (κ2) is 8.60. The van der Waals surface area contributed by atoms with E-state index in [0.29, 0.717) is 28.5 Å². The van der Waals surface area contributed by atoms with E-state index in [0.717, 1.165) is 0 Å². The molecule has 8 nitrogen and oxygen atoms in total. The molecular formula is C20H25N3O5. The van der Waals surface area contributed by atoms with Crippen LogP contribution >= 0.6 is 0 Å². The molecule has 0 saturated heterocycles. The highest BCUT2D eigenvalue weighted by atomic mass is 16.5. The molecule has 2 rings (SSSR count). The molecule has 1 aromatic heterocycles. The van der Waals surface area contributed by atoms with Crippen molar-refractivity contribution in [3.05, 3.63) is 41.7 Å². The lowest BCUT2D eigenvalue weighted by Gasteiger charge is -2.20. The average Bonchev–Trinajstić information content (AvgIpc) is 2.65. The van der Waals surface area contributed by atoms with Gasteiger partial charge in [-0.2, -0.15) is 0 Å². The van der Waals surface area contributed by atoms with E-state index in [9.17, 15) is 9.59 Å². The first-order valence-corrected chi connectivity index (χ1v) is 8.58. The number of hydrogen-bond donors (Lipinski definition) is 2. The molecule has 8 heteroatoms. The van der Waals surface area contributed by atoms with Crippen LogP contribution in [0.5, 0.6) is 17.2 Å². The predicted molar refractivity (Wildman–Crippen MR) is 106 cm³/mol. The maximum Gasteiger partial charge on any atom is 0.274 e. The van der Waals surface area contributed by atoms with E-state index in [1.54, 1.807) is 18.2 Å². The molecule has 0 bridgehead atoms. The van der Waals surface area contributed by atoms with E-state index >= 15 is 0 Å². The second-order valence-electron chi connectivity index (χ2n) is 7.00. The molecule has 0 aliphatic heterocycles. The van der Waals surface area contributed by atoms with E-state index in [1.165, 1.54) is 33.6 Å². The molecule has 1 heterocycles. The fraction of sp³-hybridized carbons (Fsp3) is 0.350. The Morgan fingerprint density at radius 1 is 0.929 bits per heavy atom. The monoisotopic (exact) mass is 387 g/mol. The number of nitrogens with zero attached hydrogens (tertiary/aromatic N) is 1. The van der Waals surface area contributed by atoms with Gasteiger partial charge in [0.2, 0.25) is 5.75 Å². The zero-order chi connectivity index (χ0) is 20.9. The predicted octanol–water partition coefficient (Wildman–Crippen LogP) is 2.89. The third-order valence-corrected chi connectivity index (χ3v) is 3.67. The minimum atomic E-state index is -0.473. The maximum absolute atomic E-state index is 12.6. The summed E-state index contributed by atoms with van der Waals surface area (Å²) in [6, 6.07) is 6.20. The van der Waals surface area contributed by atoms with Crippen LogP contribution in [-0.4, -0.2) is 43.7 Å². The van der Waals surface area contributed by atoms with E-state index < -0.39 is 5.91 Å². The quantitative estimate of drug-likeness (QED) is 0.791. The second-order valence-corrected chi connectivity index (χ2v) is 7.00. The van der Waals surface area contributed by atoms with Gasteiger partial charge in [0, 0.05) is 35.1 Å². The summed E-state index contributed by atoms with van der Waals surface area (Å²) in [7, 11) is 4.47. The summed E-state index contributed by atoms with van der Waals surface area (Å²) in [5.74, 6) is 0.477. The number of hydrogen-bond acceptors (Lipinski definition) is 6. The van der Waals surface area contributed by atoms with Gasteiger partial charge in [0.1, 0.15) is 5.69 Å². The van der Waals surface area contributed by atoms with E-state index in [4.69, 9.17) is 14.2 Å². The number of carbonyl (C=O) groups is 2. The van der Waals surface area contributed by atoms with Gasteiger partial charge in [0.05, 0.1) is 21.3 Å². The normalized spacial score (nSPS) is 10.8. The number of methoxy groups -OCH3 is 3. The van der Waals surface area contributed by atoms with Gasteiger partial charge in [-0.25, -0.2) is 0 Å². The first-order chi connectivity index (χ1) is 13.2. The van der Waals surface area contributed by atoms with Crippen molar-refractivity contribution < 1.29 is 23.8 Å². The number of aromatic nitrogens is 1. The molecule has 0 radical (unpaired) electrons. The van der Waals surface area contributed by atoms with Crippen LogP contribution in [0.25, 0.3) is 0 Å². The average molecular weight is 387 g/mol. The van der Waals surface area contributed by atoms with E-state index in [-0.39, 0.29) is 17.1 Å². The van der Waals surface area contributed by atoms with Crippen molar-refractivity contribution in [3.63, 3.8) is 0 Å². The van der Waals surface area contributed by atoms with Crippen LogP contribution in [0.3, 0.4) is 0 Å². The Hall–Kier alpha value is -3.29. The number of pyridine rings is 1. The van der Waals surface area contributed by atoms with Gasteiger partial charge in [-0.15, -0.1) is 0 Å². The first-order valence-electron chi connectivity index (χ1n) is 8.58. The standard InChI is InChI=1S/C20H25N3O5/c1-20(2,3)23-18(24)12-7-8-21-14(9-12)19(25)22-13-10-15(26-4)17(28-6)16(11-13)27-5/h7-11H,1-6H3,(H,22,25)(H,23,24). The Morgan fingerprint density at radius 3 is 2.04 bits per heavy atom. The van der Waals surface area contributed by atoms with Crippen molar-refractivity contribution in [3.8, 4) is 17.2 Å². The van der Waals surface area contributed by atoms with Crippen molar-refractivity contribution in [2.45, 2.75) is 26.3 Å². The Labute approximate surface area is 164 Å². The van der Waals surface area contributed by atoms with Crippen molar-refractivity contribution in [2.24, 2.45) is 0 Å². The molecular weight excluding hydrogens is 362 g/mol. The van der Waals surface area contributed by atoms with Gasteiger partial charge >= 0.3 is 0 Å². The molecule has 0 atom stereocenters. The Bertz CT molecular complexity index is 849. The summed E-state index contributed by atoms with van der Waals surface area (Å²) in [6.07, 6.45) is 1.42. The Morgan fingerprint density at radius 2 is 1.54 bits per heavy atom. The fourth-order valence-electron chi connectivity index (χ4n) is 2.46. The van der Waals surface area contributed by atoms with Gasteiger partial charge in [0.15, 0.2) is 11.5 Å². The zero-order valence-corrected chi connectivity index (χ0v) is 16.9. The van der Waals surface area contributed by atoms with Gasteiger partial charge in [0.25, 0.3) is 11.8 Å². The summed E-state index contributed by atoms with van der Waals surface area (Å²) in [5.41, 5.74) is 0.500. The number of ether oxygens (including phenoxy) is 3. The first kappa shape index (κ1) is 21.0. The Balaban J connectivity index is 2.26. The molecule has 2 N–H and O–H groups in total. The molecule has 1 aromatic carbocycles. The lowest BCUT2D eigenvalue weighted by atomic mass is 10.1. The molecule has 28 heavy (non-hydrogen) atoms. The number of nitrogens with one attached hydrogen (secondary N) is 2. The van der Waals surface area contributed by atoms with Crippen LogP contribution in [-0.2, 0) is 0 Å². The maximum atomic E-state index is 12.6. The third kappa shape index (κ3) is 5.12. The molecule has 0 unspecified atom stereocenters. The molecule has 2 aromatic rings. The summed E-state index contributed by atoms with van der Waals surface area (Å²) < 4.78 is 15.8. The van der Waals surface area contributed by atoms with Gasteiger partial charge in [-0.1, -0.05) is 0 Å². The molecule has 0 aliphatic rings. The highest BCUT2D eigenvalue weighted by Gasteiger charge is 2.18. The van der Waals surface area contributed by atoms with E-state index in [1.807, 2.05) is 20.8 Å². The van der Waals surface area contributed by atoms with Crippen LogP contribution in [0.15, 0.2) is 30.5 Å². The van der Waals surface area contributed by atoms with Crippen molar-refractivity contribution >= 4 is 17.5 Å². The molecule has 0 aliphatic carbocycles. The summed E-state index contributed by atoms with van der Waals surface area (Å²) in [4.78, 5) is 29.0. The van der Waals surface area contributed by atoms with Gasteiger partial charge in [-0.3, -0.25) is 14.6 Å². The van der Waals surface area contributed by atoms with Crippen LogP contribution in [0.2, 0.25) is 0 Å². The van der Waals surface area contributed by atoms with Crippen LogP contribution < -0.4 is 24.8 Å². The summed E-state index contributed by atoms with van der Waals surface area (Å²) >= 11 is 0. The molecule has 150 valence electrons. The van der Waals surface area contributed by atoms with Crippen molar-refractivity contribution in [1.82, 2.24) is 10.3 Å². The molecule has 2 amide bonds. The fourth-order valence-corrected chi connectivity index (χ4v) is 2.46. The lowest BCUT2D eigenvalue weighted by Crippen LogP contribution is -2.40. The van der Waals surface area contributed by atoms with Gasteiger partial charge in [-0.05, 0) is 32.9 Å². The molecule has 0 fully saturated rings. The minimum Gasteiger partial charge on any atom is -0.493 e.